The molecule has 0 unspecified atom stereocenters. The lowest BCUT2D eigenvalue weighted by atomic mass is 10.1. The molecule has 7 nitrogen and oxygen atoms in total. The molecule has 0 aliphatic rings. The van der Waals surface area contributed by atoms with Crippen molar-refractivity contribution in [1.29, 1.82) is 0 Å². The highest BCUT2D eigenvalue weighted by atomic mass is 16.5. The Morgan fingerprint density at radius 2 is 2.17 bits per heavy atom. The number of pyridine rings is 1. The van der Waals surface area contributed by atoms with Gasteiger partial charge in [-0.25, -0.2) is 0 Å². The first-order valence-electron chi connectivity index (χ1n) is 5.45. The number of aliphatic hydroxyl groups is 1. The number of aromatic hydroxyl groups is 1. The van der Waals surface area contributed by atoms with Crippen LogP contribution in [0.15, 0.2) is 17.1 Å². The zero-order chi connectivity index (χ0) is 13.0. The molecule has 0 bridgehead atoms. The molecular formula is C11H14N4O3. The second-order valence-electron chi connectivity index (χ2n) is 3.81. The molecule has 2 rings (SSSR count). The van der Waals surface area contributed by atoms with E-state index in [2.05, 4.69) is 25.0 Å². The molecule has 0 aromatic carbocycles. The fraction of sp³-hybridized carbons (Fsp3) is 0.364. The quantitative estimate of drug-likeness (QED) is 0.699. The molecule has 0 amide bonds. The van der Waals surface area contributed by atoms with Crippen molar-refractivity contribution in [3.8, 4) is 5.75 Å². The average Bonchev–Trinajstić information content (AvgIpc) is 2.88. The summed E-state index contributed by atoms with van der Waals surface area (Å²) < 4.78 is 4.60. The number of rotatable bonds is 5. The van der Waals surface area contributed by atoms with Crippen LogP contribution in [0.2, 0.25) is 0 Å². The van der Waals surface area contributed by atoms with E-state index in [1.807, 2.05) is 0 Å². The number of nitrogens with zero attached hydrogens (tertiary/aromatic N) is 3. The molecule has 96 valence electrons. The summed E-state index contributed by atoms with van der Waals surface area (Å²) in [5, 5.41) is 25.8. The number of hydrogen-bond donors (Lipinski definition) is 3. The monoisotopic (exact) mass is 250 g/mol. The van der Waals surface area contributed by atoms with Gasteiger partial charge in [0.05, 0.1) is 18.8 Å². The SMILES string of the molecule is Cc1ncc(CO)c(CNCc2ncon2)c1O. The third-order valence-electron chi connectivity index (χ3n) is 2.59. The lowest BCUT2D eigenvalue weighted by Gasteiger charge is -2.11. The van der Waals surface area contributed by atoms with Gasteiger partial charge in [0, 0.05) is 23.9 Å². The standard InChI is InChI=1S/C11H14N4O3/c1-7-11(17)9(8(5-16)2-13-7)3-12-4-10-14-6-18-15-10/h2,6,12,16-17H,3-5H2,1H3. The van der Waals surface area contributed by atoms with Crippen LogP contribution in [-0.2, 0) is 19.7 Å². The van der Waals surface area contributed by atoms with Gasteiger partial charge in [0.15, 0.2) is 5.82 Å². The molecule has 0 aliphatic carbocycles. The maximum atomic E-state index is 9.90. The summed E-state index contributed by atoms with van der Waals surface area (Å²) in [4.78, 5) is 7.86. The number of aryl methyl sites for hydroxylation is 1. The Kier molecular flexibility index (Phi) is 3.85. The third-order valence-corrected chi connectivity index (χ3v) is 2.59. The predicted molar refractivity (Wildman–Crippen MR) is 61.4 cm³/mol. The number of aliphatic hydroxyl groups excluding tert-OH is 1. The molecule has 2 heterocycles. The highest BCUT2D eigenvalue weighted by Crippen LogP contribution is 2.23. The Balaban J connectivity index is 2.06. The Labute approximate surface area is 103 Å². The summed E-state index contributed by atoms with van der Waals surface area (Å²) in [6.45, 7) is 2.35. The topological polar surface area (TPSA) is 104 Å². The Bertz CT molecular complexity index is 513. The Morgan fingerprint density at radius 1 is 1.33 bits per heavy atom. The van der Waals surface area contributed by atoms with Gasteiger partial charge in [0.2, 0.25) is 6.39 Å². The normalized spacial score (nSPS) is 10.8. The fourth-order valence-electron chi connectivity index (χ4n) is 1.59. The maximum absolute atomic E-state index is 9.90. The van der Waals surface area contributed by atoms with Crippen LogP contribution in [0, 0.1) is 6.92 Å². The van der Waals surface area contributed by atoms with E-state index < -0.39 is 0 Å². The minimum Gasteiger partial charge on any atom is -0.506 e. The zero-order valence-electron chi connectivity index (χ0n) is 9.92. The summed E-state index contributed by atoms with van der Waals surface area (Å²) in [6.07, 6.45) is 2.81. The molecule has 0 atom stereocenters. The molecule has 3 N–H and O–H groups in total. The summed E-state index contributed by atoms with van der Waals surface area (Å²) in [5.41, 5.74) is 1.76. The van der Waals surface area contributed by atoms with E-state index >= 15 is 0 Å². The van der Waals surface area contributed by atoms with Gasteiger partial charge in [0.1, 0.15) is 5.75 Å². The van der Waals surface area contributed by atoms with Crippen molar-refractivity contribution in [1.82, 2.24) is 20.4 Å². The molecule has 0 fully saturated rings. The van der Waals surface area contributed by atoms with Crippen LogP contribution in [0.3, 0.4) is 0 Å². The predicted octanol–water partition coefficient (Wildman–Crippen LogP) is 0.261. The lowest BCUT2D eigenvalue weighted by molar-refractivity contribution is 0.278. The van der Waals surface area contributed by atoms with Crippen molar-refractivity contribution in [2.75, 3.05) is 0 Å². The summed E-state index contributed by atoms with van der Waals surface area (Å²) in [6, 6.07) is 0. The highest BCUT2D eigenvalue weighted by Gasteiger charge is 2.11. The molecule has 0 saturated carbocycles. The van der Waals surface area contributed by atoms with Crippen LogP contribution in [0.5, 0.6) is 5.75 Å². The molecule has 0 aliphatic heterocycles. The van der Waals surface area contributed by atoms with E-state index in [9.17, 15) is 10.2 Å². The van der Waals surface area contributed by atoms with Crippen LogP contribution < -0.4 is 5.32 Å². The summed E-state index contributed by atoms with van der Waals surface area (Å²) >= 11 is 0. The first kappa shape index (κ1) is 12.5. The molecule has 18 heavy (non-hydrogen) atoms. The van der Waals surface area contributed by atoms with Gasteiger partial charge >= 0.3 is 0 Å². The number of nitrogens with one attached hydrogen (secondary N) is 1. The van der Waals surface area contributed by atoms with Gasteiger partial charge < -0.3 is 20.1 Å². The van der Waals surface area contributed by atoms with Gasteiger partial charge in [-0.1, -0.05) is 5.16 Å². The van der Waals surface area contributed by atoms with Gasteiger partial charge in [-0.2, -0.15) is 4.98 Å². The summed E-state index contributed by atoms with van der Waals surface area (Å²) in [5.74, 6) is 0.632. The van der Waals surface area contributed by atoms with Crippen molar-refractivity contribution in [3.05, 3.63) is 35.2 Å². The fourth-order valence-corrected chi connectivity index (χ4v) is 1.59. The maximum Gasteiger partial charge on any atom is 0.213 e. The van der Waals surface area contributed by atoms with E-state index in [0.717, 1.165) is 0 Å². The van der Waals surface area contributed by atoms with E-state index in [1.54, 1.807) is 13.1 Å². The van der Waals surface area contributed by atoms with Crippen LogP contribution in [0.25, 0.3) is 0 Å². The molecule has 0 saturated heterocycles. The number of aromatic nitrogens is 3. The molecule has 2 aromatic rings. The molecule has 2 aromatic heterocycles. The number of hydrogen-bond acceptors (Lipinski definition) is 7. The van der Waals surface area contributed by atoms with Gasteiger partial charge in [-0.3, -0.25) is 4.98 Å². The largest absolute Gasteiger partial charge is 0.506 e. The smallest absolute Gasteiger partial charge is 0.213 e. The minimum atomic E-state index is -0.167. The van der Waals surface area contributed by atoms with Crippen LogP contribution in [-0.4, -0.2) is 25.3 Å². The van der Waals surface area contributed by atoms with Crippen molar-refractivity contribution < 1.29 is 14.7 Å². The second kappa shape index (κ2) is 5.56. The third kappa shape index (κ3) is 2.63. The van der Waals surface area contributed by atoms with E-state index in [1.165, 1.54) is 6.39 Å². The van der Waals surface area contributed by atoms with Crippen LogP contribution >= 0.6 is 0 Å². The van der Waals surface area contributed by atoms with Gasteiger partial charge in [-0.05, 0) is 6.92 Å². The van der Waals surface area contributed by atoms with Crippen molar-refractivity contribution in [2.45, 2.75) is 26.6 Å². The Hall–Kier alpha value is -1.99. The first-order chi connectivity index (χ1) is 8.72. The first-order valence-corrected chi connectivity index (χ1v) is 5.45. The van der Waals surface area contributed by atoms with E-state index in [-0.39, 0.29) is 12.4 Å². The minimum absolute atomic E-state index is 0.0992. The molecule has 0 radical (unpaired) electrons. The second-order valence-corrected chi connectivity index (χ2v) is 3.81. The Morgan fingerprint density at radius 3 is 2.83 bits per heavy atom. The summed E-state index contributed by atoms with van der Waals surface area (Å²) in [7, 11) is 0. The van der Waals surface area contributed by atoms with Gasteiger partial charge in [0.25, 0.3) is 0 Å². The molecule has 0 spiro atoms. The van der Waals surface area contributed by atoms with Crippen molar-refractivity contribution in [2.24, 2.45) is 0 Å². The van der Waals surface area contributed by atoms with E-state index in [0.29, 0.717) is 35.7 Å². The lowest BCUT2D eigenvalue weighted by Crippen LogP contribution is -2.15. The van der Waals surface area contributed by atoms with Crippen LogP contribution in [0.1, 0.15) is 22.6 Å². The van der Waals surface area contributed by atoms with E-state index in [4.69, 9.17) is 0 Å². The van der Waals surface area contributed by atoms with Gasteiger partial charge in [-0.15, -0.1) is 0 Å². The average molecular weight is 250 g/mol. The van der Waals surface area contributed by atoms with Crippen LogP contribution in [0.4, 0.5) is 0 Å². The molecule has 7 heteroatoms. The highest BCUT2D eigenvalue weighted by molar-refractivity contribution is 5.40. The van der Waals surface area contributed by atoms with Crippen molar-refractivity contribution in [3.63, 3.8) is 0 Å². The molecular weight excluding hydrogens is 236 g/mol. The van der Waals surface area contributed by atoms with Crippen molar-refractivity contribution >= 4 is 0 Å². The zero-order valence-corrected chi connectivity index (χ0v) is 9.92.